The number of carbonyl (C=O) groups is 2. The van der Waals surface area contributed by atoms with Crippen LogP contribution in [-0.4, -0.2) is 58.5 Å². The zero-order valence-electron chi connectivity index (χ0n) is 24.3. The van der Waals surface area contributed by atoms with Gasteiger partial charge in [0.1, 0.15) is 24.1 Å². The van der Waals surface area contributed by atoms with E-state index >= 15 is 0 Å². The smallest absolute Gasteiger partial charge is 0.264 e. The first kappa shape index (κ1) is 31.5. The van der Waals surface area contributed by atoms with Crippen LogP contribution in [0.3, 0.4) is 0 Å². The average Bonchev–Trinajstić information content (AvgIpc) is 2.98. The van der Waals surface area contributed by atoms with E-state index < -0.39 is 28.5 Å². The maximum Gasteiger partial charge on any atom is 0.264 e. The van der Waals surface area contributed by atoms with E-state index in [4.69, 9.17) is 9.47 Å². The van der Waals surface area contributed by atoms with Crippen molar-refractivity contribution in [3.8, 4) is 11.5 Å². The Hall–Kier alpha value is -4.05. The molecule has 0 heterocycles. The van der Waals surface area contributed by atoms with Gasteiger partial charge in [-0.3, -0.25) is 13.9 Å². The Kier molecular flexibility index (Phi) is 11.2. The molecule has 41 heavy (non-hydrogen) atoms. The second-order valence-corrected chi connectivity index (χ2v) is 11.4. The van der Waals surface area contributed by atoms with E-state index in [0.29, 0.717) is 18.7 Å². The molecule has 0 saturated heterocycles. The monoisotopic (exact) mass is 581 g/mol. The van der Waals surface area contributed by atoms with Crippen LogP contribution in [0.5, 0.6) is 11.5 Å². The molecule has 0 aliphatic rings. The fourth-order valence-electron chi connectivity index (χ4n) is 4.41. The number of methoxy groups -OCH3 is 2. The quantitative estimate of drug-likeness (QED) is 0.300. The summed E-state index contributed by atoms with van der Waals surface area (Å²) in [6, 6.07) is 19.7. The number of benzene rings is 3. The number of rotatable bonds is 14. The van der Waals surface area contributed by atoms with Gasteiger partial charge in [0, 0.05) is 19.2 Å². The summed E-state index contributed by atoms with van der Waals surface area (Å²) in [5, 5.41) is 2.88. The lowest BCUT2D eigenvalue weighted by Crippen LogP contribution is -2.52. The molecule has 1 N–H and O–H groups in total. The maximum absolute atomic E-state index is 14.2. The van der Waals surface area contributed by atoms with Gasteiger partial charge in [-0.2, -0.15) is 0 Å². The largest absolute Gasteiger partial charge is 0.497 e. The predicted molar refractivity (Wildman–Crippen MR) is 160 cm³/mol. The molecule has 220 valence electrons. The Morgan fingerprint density at radius 1 is 0.927 bits per heavy atom. The van der Waals surface area contributed by atoms with Crippen molar-refractivity contribution in [1.82, 2.24) is 10.2 Å². The number of hydrogen-bond donors (Lipinski definition) is 1. The molecule has 9 nitrogen and oxygen atoms in total. The van der Waals surface area contributed by atoms with Crippen LogP contribution in [0.4, 0.5) is 5.69 Å². The lowest BCUT2D eigenvalue weighted by atomic mass is 10.1. The Balaban J connectivity index is 2.13. The Morgan fingerprint density at radius 2 is 1.61 bits per heavy atom. The number of ether oxygens (including phenoxy) is 2. The Morgan fingerprint density at radius 3 is 2.20 bits per heavy atom. The molecular formula is C31H39N3O6S. The molecule has 0 radical (unpaired) electrons. The molecule has 2 amide bonds. The summed E-state index contributed by atoms with van der Waals surface area (Å²) in [5.41, 5.74) is 1.85. The molecule has 0 spiro atoms. The summed E-state index contributed by atoms with van der Waals surface area (Å²) >= 11 is 0. The zero-order valence-corrected chi connectivity index (χ0v) is 25.1. The normalized spacial score (nSPS) is 11.8. The molecule has 0 aliphatic carbocycles. The standard InChI is InChI=1S/C31H39N3O6S/c1-6-19-32-31(36)27(7-2)33(21-24-11-9-8-10-12-24)30(35)22-34(28-20-25(39-4)15-18-29(28)40-5)41(37,38)26-16-13-23(3)14-17-26/h8-18,20,27H,6-7,19,21-22H2,1-5H3,(H,32,36)/t27-/m0/s1. The molecular weight excluding hydrogens is 542 g/mol. The van der Waals surface area contributed by atoms with Crippen molar-refractivity contribution in [2.45, 2.75) is 51.1 Å². The fourth-order valence-corrected chi connectivity index (χ4v) is 5.82. The summed E-state index contributed by atoms with van der Waals surface area (Å²) in [6.07, 6.45) is 1.09. The molecule has 3 aromatic rings. The van der Waals surface area contributed by atoms with Crippen LogP contribution >= 0.6 is 0 Å². The summed E-state index contributed by atoms with van der Waals surface area (Å²) < 4.78 is 40.2. The second kappa shape index (κ2) is 14.5. The highest BCUT2D eigenvalue weighted by molar-refractivity contribution is 7.92. The lowest BCUT2D eigenvalue weighted by molar-refractivity contribution is -0.140. The molecule has 0 aromatic heterocycles. The minimum absolute atomic E-state index is 0.0168. The van der Waals surface area contributed by atoms with Gasteiger partial charge in [0.2, 0.25) is 11.8 Å². The molecule has 0 fully saturated rings. The van der Waals surface area contributed by atoms with Gasteiger partial charge in [-0.1, -0.05) is 61.9 Å². The van der Waals surface area contributed by atoms with E-state index in [1.54, 1.807) is 24.3 Å². The molecule has 0 saturated carbocycles. The minimum Gasteiger partial charge on any atom is -0.497 e. The third kappa shape index (κ3) is 7.79. The van der Waals surface area contributed by atoms with E-state index in [1.807, 2.05) is 51.1 Å². The van der Waals surface area contributed by atoms with Crippen LogP contribution in [-0.2, 0) is 26.2 Å². The van der Waals surface area contributed by atoms with Gasteiger partial charge in [0.05, 0.1) is 24.8 Å². The number of carbonyl (C=O) groups excluding carboxylic acids is 2. The van der Waals surface area contributed by atoms with Crippen molar-refractivity contribution in [3.63, 3.8) is 0 Å². The third-order valence-electron chi connectivity index (χ3n) is 6.67. The highest BCUT2D eigenvalue weighted by Crippen LogP contribution is 2.36. The number of sulfonamides is 1. The molecule has 0 bridgehead atoms. The zero-order chi connectivity index (χ0) is 30.0. The predicted octanol–water partition coefficient (Wildman–Crippen LogP) is 4.54. The number of amides is 2. The molecule has 0 aliphatic heterocycles. The Bertz CT molecular complexity index is 1410. The summed E-state index contributed by atoms with van der Waals surface area (Å²) in [5.74, 6) is -0.182. The third-order valence-corrected chi connectivity index (χ3v) is 8.45. The van der Waals surface area contributed by atoms with Gasteiger partial charge in [-0.15, -0.1) is 0 Å². The van der Waals surface area contributed by atoms with Gasteiger partial charge < -0.3 is 19.7 Å². The van der Waals surface area contributed by atoms with Crippen LogP contribution in [0.25, 0.3) is 0 Å². The minimum atomic E-state index is -4.25. The highest BCUT2D eigenvalue weighted by Gasteiger charge is 2.35. The van der Waals surface area contributed by atoms with Gasteiger partial charge in [-0.05, 0) is 49.6 Å². The average molecular weight is 582 g/mol. The first-order chi connectivity index (χ1) is 19.7. The lowest BCUT2D eigenvalue weighted by Gasteiger charge is -2.33. The SMILES string of the molecule is CCCNC(=O)[C@H](CC)N(Cc1ccccc1)C(=O)CN(c1cc(OC)ccc1OC)S(=O)(=O)c1ccc(C)cc1. The van der Waals surface area contributed by atoms with Crippen LogP contribution in [0.2, 0.25) is 0 Å². The van der Waals surface area contributed by atoms with Crippen molar-refractivity contribution in [2.75, 3.05) is 31.6 Å². The number of anilines is 1. The van der Waals surface area contributed by atoms with Gasteiger partial charge in [0.25, 0.3) is 10.0 Å². The fraction of sp³-hybridized carbons (Fsp3) is 0.355. The number of hydrogen-bond acceptors (Lipinski definition) is 6. The Labute approximate surface area is 243 Å². The van der Waals surface area contributed by atoms with Gasteiger partial charge in [-0.25, -0.2) is 8.42 Å². The summed E-state index contributed by atoms with van der Waals surface area (Å²) in [6.45, 7) is 5.67. The number of nitrogens with one attached hydrogen (secondary N) is 1. The van der Waals surface area contributed by atoms with Crippen molar-refractivity contribution in [3.05, 3.63) is 83.9 Å². The molecule has 10 heteroatoms. The van der Waals surface area contributed by atoms with E-state index in [9.17, 15) is 18.0 Å². The molecule has 3 aromatic carbocycles. The number of aryl methyl sites for hydroxylation is 1. The summed E-state index contributed by atoms with van der Waals surface area (Å²) in [7, 11) is -1.35. The van der Waals surface area contributed by atoms with E-state index in [1.165, 1.54) is 37.3 Å². The van der Waals surface area contributed by atoms with E-state index in [0.717, 1.165) is 21.9 Å². The van der Waals surface area contributed by atoms with Crippen LogP contribution in [0.1, 0.15) is 37.8 Å². The summed E-state index contributed by atoms with van der Waals surface area (Å²) in [4.78, 5) is 28.8. The van der Waals surface area contributed by atoms with Gasteiger partial charge in [0.15, 0.2) is 0 Å². The first-order valence-corrected chi connectivity index (χ1v) is 15.0. The van der Waals surface area contributed by atoms with Crippen LogP contribution in [0.15, 0.2) is 77.7 Å². The number of nitrogens with zero attached hydrogens (tertiary/aromatic N) is 2. The van der Waals surface area contributed by atoms with Crippen LogP contribution in [0, 0.1) is 6.92 Å². The second-order valence-electron chi connectivity index (χ2n) is 9.58. The van der Waals surface area contributed by atoms with Crippen molar-refractivity contribution >= 4 is 27.5 Å². The highest BCUT2D eigenvalue weighted by atomic mass is 32.2. The van der Waals surface area contributed by atoms with Gasteiger partial charge >= 0.3 is 0 Å². The molecule has 0 unspecified atom stereocenters. The van der Waals surface area contributed by atoms with E-state index in [2.05, 4.69) is 5.32 Å². The van der Waals surface area contributed by atoms with Crippen molar-refractivity contribution in [1.29, 1.82) is 0 Å². The van der Waals surface area contributed by atoms with Crippen molar-refractivity contribution in [2.24, 2.45) is 0 Å². The van der Waals surface area contributed by atoms with E-state index in [-0.39, 0.29) is 28.8 Å². The van der Waals surface area contributed by atoms with Crippen LogP contribution < -0.4 is 19.1 Å². The van der Waals surface area contributed by atoms with Crippen molar-refractivity contribution < 1.29 is 27.5 Å². The molecule has 3 rings (SSSR count). The maximum atomic E-state index is 14.2. The first-order valence-electron chi connectivity index (χ1n) is 13.6. The topological polar surface area (TPSA) is 105 Å². The molecule has 1 atom stereocenters.